The monoisotopic (exact) mass is 243 g/mol. The van der Waals surface area contributed by atoms with E-state index in [1.54, 1.807) is 0 Å². The van der Waals surface area contributed by atoms with Gasteiger partial charge in [0.1, 0.15) is 0 Å². The fourth-order valence-electron chi connectivity index (χ4n) is 2.87. The third-order valence-corrected chi connectivity index (χ3v) is 3.94. The summed E-state index contributed by atoms with van der Waals surface area (Å²) in [5.41, 5.74) is 1.47. The molecule has 2 atom stereocenters. The maximum absolute atomic E-state index is 4.75. The molecule has 0 saturated heterocycles. The highest BCUT2D eigenvalue weighted by Crippen LogP contribution is 2.26. The van der Waals surface area contributed by atoms with Crippen LogP contribution >= 0.6 is 0 Å². The fraction of sp³-hybridized carbons (Fsp3) is 0.588. The molecule has 0 amide bonds. The van der Waals surface area contributed by atoms with Crippen LogP contribution < -0.4 is 0 Å². The van der Waals surface area contributed by atoms with Crippen LogP contribution in [0.4, 0.5) is 0 Å². The largest absolute Gasteiger partial charge is 0.294 e. The molecule has 0 saturated carbocycles. The number of rotatable bonds is 6. The first-order valence-electron chi connectivity index (χ1n) is 7.45. The predicted octanol–water partition coefficient (Wildman–Crippen LogP) is 4.66. The molecule has 2 rings (SSSR count). The standard InChI is InChI=1S/C17H25N/c1-2-3-11-16(17-12-7-8-13-18-17)14-15-9-5-4-6-10-15/h4-6,9-10,13,16-17H,2-3,7-8,11-12,14H2,1H3. The Kier molecular flexibility index (Phi) is 5.44. The molecule has 2 unspecified atom stereocenters. The lowest BCUT2D eigenvalue weighted by atomic mass is 9.85. The second-order valence-electron chi connectivity index (χ2n) is 5.42. The van der Waals surface area contributed by atoms with E-state index >= 15 is 0 Å². The van der Waals surface area contributed by atoms with E-state index in [4.69, 9.17) is 4.99 Å². The Morgan fingerprint density at radius 3 is 2.78 bits per heavy atom. The molecular weight excluding hydrogens is 218 g/mol. The van der Waals surface area contributed by atoms with Crippen LogP contribution in [0.15, 0.2) is 35.3 Å². The molecule has 1 nitrogen and oxygen atoms in total. The molecule has 0 spiro atoms. The summed E-state index contributed by atoms with van der Waals surface area (Å²) in [5, 5.41) is 0. The van der Waals surface area contributed by atoms with Gasteiger partial charge in [-0.15, -0.1) is 0 Å². The van der Waals surface area contributed by atoms with E-state index in [1.165, 1.54) is 50.5 Å². The summed E-state index contributed by atoms with van der Waals surface area (Å²) < 4.78 is 0. The van der Waals surface area contributed by atoms with E-state index in [2.05, 4.69) is 43.5 Å². The molecule has 1 aromatic rings. The highest BCUT2D eigenvalue weighted by Gasteiger charge is 2.21. The molecule has 1 aliphatic heterocycles. The molecule has 1 heteroatoms. The minimum atomic E-state index is 0.575. The molecule has 0 bridgehead atoms. The smallest absolute Gasteiger partial charge is 0.0527 e. The van der Waals surface area contributed by atoms with Crippen LogP contribution in [0.25, 0.3) is 0 Å². The molecule has 98 valence electrons. The van der Waals surface area contributed by atoms with Gasteiger partial charge in [0.15, 0.2) is 0 Å². The van der Waals surface area contributed by atoms with Gasteiger partial charge in [0.2, 0.25) is 0 Å². The van der Waals surface area contributed by atoms with E-state index in [-0.39, 0.29) is 0 Å². The molecule has 1 aliphatic rings. The Morgan fingerprint density at radius 1 is 1.28 bits per heavy atom. The van der Waals surface area contributed by atoms with Crippen molar-refractivity contribution < 1.29 is 0 Å². The number of hydrogen-bond donors (Lipinski definition) is 0. The van der Waals surface area contributed by atoms with Gasteiger partial charge in [-0.05, 0) is 49.8 Å². The summed E-state index contributed by atoms with van der Waals surface area (Å²) in [6.45, 7) is 2.28. The molecule has 1 aromatic carbocycles. The zero-order chi connectivity index (χ0) is 12.6. The van der Waals surface area contributed by atoms with Gasteiger partial charge in [0, 0.05) is 0 Å². The fourth-order valence-corrected chi connectivity index (χ4v) is 2.87. The van der Waals surface area contributed by atoms with Crippen molar-refractivity contribution in [3.8, 4) is 0 Å². The highest BCUT2D eigenvalue weighted by molar-refractivity contribution is 5.58. The van der Waals surface area contributed by atoms with Crippen LogP contribution in [0.5, 0.6) is 0 Å². The van der Waals surface area contributed by atoms with Gasteiger partial charge >= 0.3 is 0 Å². The van der Waals surface area contributed by atoms with Crippen molar-refractivity contribution in [2.24, 2.45) is 10.9 Å². The summed E-state index contributed by atoms with van der Waals surface area (Å²) in [6, 6.07) is 11.5. The summed E-state index contributed by atoms with van der Waals surface area (Å²) >= 11 is 0. The van der Waals surface area contributed by atoms with Gasteiger partial charge in [0.05, 0.1) is 6.04 Å². The number of aliphatic imine (C=N–C) groups is 1. The molecule has 0 radical (unpaired) electrons. The SMILES string of the molecule is CCCCC(Cc1ccccc1)C1CCCC=N1. The zero-order valence-corrected chi connectivity index (χ0v) is 11.5. The van der Waals surface area contributed by atoms with Gasteiger partial charge in [-0.25, -0.2) is 0 Å². The van der Waals surface area contributed by atoms with Crippen molar-refractivity contribution in [3.63, 3.8) is 0 Å². The summed E-state index contributed by atoms with van der Waals surface area (Å²) in [6.07, 6.45) is 11.1. The van der Waals surface area contributed by atoms with Crippen molar-refractivity contribution in [1.29, 1.82) is 0 Å². The molecular formula is C17H25N. The second-order valence-corrected chi connectivity index (χ2v) is 5.42. The van der Waals surface area contributed by atoms with Crippen LogP contribution in [0.1, 0.15) is 51.0 Å². The number of unbranched alkanes of at least 4 members (excludes halogenated alkanes) is 1. The van der Waals surface area contributed by atoms with Gasteiger partial charge in [-0.2, -0.15) is 0 Å². The minimum Gasteiger partial charge on any atom is -0.294 e. The number of benzene rings is 1. The number of hydrogen-bond acceptors (Lipinski definition) is 1. The normalized spacial score (nSPS) is 20.8. The molecule has 18 heavy (non-hydrogen) atoms. The Labute approximate surface area is 111 Å². The van der Waals surface area contributed by atoms with Crippen LogP contribution in [-0.2, 0) is 6.42 Å². The molecule has 0 aromatic heterocycles. The summed E-state index contributed by atoms with van der Waals surface area (Å²) in [5.74, 6) is 0.740. The van der Waals surface area contributed by atoms with Crippen molar-refractivity contribution in [2.75, 3.05) is 0 Å². The van der Waals surface area contributed by atoms with Gasteiger partial charge in [-0.3, -0.25) is 4.99 Å². The van der Waals surface area contributed by atoms with E-state index < -0.39 is 0 Å². The molecule has 0 fully saturated rings. The van der Waals surface area contributed by atoms with Crippen LogP contribution in [0.3, 0.4) is 0 Å². The summed E-state index contributed by atoms with van der Waals surface area (Å²) in [7, 11) is 0. The van der Waals surface area contributed by atoms with Crippen LogP contribution in [0.2, 0.25) is 0 Å². The number of nitrogens with zero attached hydrogens (tertiary/aromatic N) is 1. The van der Waals surface area contributed by atoms with Crippen LogP contribution in [-0.4, -0.2) is 12.3 Å². The zero-order valence-electron chi connectivity index (χ0n) is 11.5. The lowest BCUT2D eigenvalue weighted by Gasteiger charge is -2.26. The topological polar surface area (TPSA) is 12.4 Å². The maximum Gasteiger partial charge on any atom is 0.0527 e. The van der Waals surface area contributed by atoms with Gasteiger partial charge < -0.3 is 0 Å². The van der Waals surface area contributed by atoms with E-state index in [0.717, 1.165) is 5.92 Å². The lowest BCUT2D eigenvalue weighted by molar-refractivity contribution is 0.355. The van der Waals surface area contributed by atoms with Gasteiger partial charge in [0.25, 0.3) is 0 Å². The van der Waals surface area contributed by atoms with E-state index in [9.17, 15) is 0 Å². The summed E-state index contributed by atoms with van der Waals surface area (Å²) in [4.78, 5) is 4.75. The van der Waals surface area contributed by atoms with Crippen molar-refractivity contribution in [1.82, 2.24) is 0 Å². The highest BCUT2D eigenvalue weighted by atomic mass is 14.8. The molecule has 0 N–H and O–H groups in total. The van der Waals surface area contributed by atoms with Crippen molar-refractivity contribution >= 4 is 6.21 Å². The third kappa shape index (κ3) is 3.97. The average molecular weight is 243 g/mol. The van der Waals surface area contributed by atoms with E-state index in [1.807, 2.05) is 0 Å². The first kappa shape index (κ1) is 13.3. The van der Waals surface area contributed by atoms with Crippen LogP contribution in [0, 0.1) is 5.92 Å². The Hall–Kier alpha value is -1.11. The van der Waals surface area contributed by atoms with Crippen molar-refractivity contribution in [2.45, 2.75) is 57.9 Å². The van der Waals surface area contributed by atoms with Gasteiger partial charge in [-0.1, -0.05) is 50.1 Å². The third-order valence-electron chi connectivity index (χ3n) is 3.94. The first-order valence-corrected chi connectivity index (χ1v) is 7.45. The minimum absolute atomic E-state index is 0.575. The Balaban J connectivity index is 2.00. The molecule has 0 aliphatic carbocycles. The van der Waals surface area contributed by atoms with Crippen molar-refractivity contribution in [3.05, 3.63) is 35.9 Å². The second kappa shape index (κ2) is 7.35. The Bertz CT molecular complexity index is 355. The van der Waals surface area contributed by atoms with E-state index in [0.29, 0.717) is 6.04 Å². The Morgan fingerprint density at radius 2 is 2.11 bits per heavy atom. The average Bonchev–Trinajstić information content (AvgIpc) is 2.45. The first-order chi connectivity index (χ1) is 8.90. The molecule has 1 heterocycles. The maximum atomic E-state index is 4.75. The lowest BCUT2D eigenvalue weighted by Crippen LogP contribution is -2.23. The predicted molar refractivity (Wildman–Crippen MR) is 79.3 cm³/mol. The quantitative estimate of drug-likeness (QED) is 0.689.